The first-order valence-electron chi connectivity index (χ1n) is 7.53. The second-order valence-electron chi connectivity index (χ2n) is 5.36. The van der Waals surface area contributed by atoms with Crippen LogP contribution in [0.15, 0.2) is 0 Å². The van der Waals surface area contributed by atoms with Crippen molar-refractivity contribution in [3.63, 3.8) is 0 Å². The molecule has 1 aliphatic heterocycles. The molecule has 0 radical (unpaired) electrons. The molecular formula is C13H26O5Si2. The molecule has 0 aromatic heterocycles. The Kier molecular flexibility index (Phi) is 7.64. The van der Waals surface area contributed by atoms with Crippen molar-refractivity contribution in [2.45, 2.75) is 58.2 Å². The maximum absolute atomic E-state index is 11.4. The zero-order valence-corrected chi connectivity index (χ0v) is 15.2. The van der Waals surface area contributed by atoms with Crippen LogP contribution < -0.4 is 0 Å². The van der Waals surface area contributed by atoms with E-state index >= 15 is 0 Å². The van der Waals surface area contributed by atoms with Gasteiger partial charge in [0.25, 0.3) is 0 Å². The molecule has 20 heavy (non-hydrogen) atoms. The predicted octanol–water partition coefficient (Wildman–Crippen LogP) is 1.89. The van der Waals surface area contributed by atoms with Crippen LogP contribution in [0, 0.1) is 5.92 Å². The van der Waals surface area contributed by atoms with E-state index in [1.807, 2.05) is 0 Å². The predicted molar refractivity (Wildman–Crippen MR) is 81.2 cm³/mol. The summed E-state index contributed by atoms with van der Waals surface area (Å²) in [5, 5.41) is 0. The van der Waals surface area contributed by atoms with Crippen molar-refractivity contribution in [3.05, 3.63) is 0 Å². The highest BCUT2D eigenvalue weighted by Crippen LogP contribution is 2.25. The average Bonchev–Trinajstić information content (AvgIpc) is 2.69. The Bertz CT molecular complexity index is 337. The molecule has 116 valence electrons. The van der Waals surface area contributed by atoms with E-state index in [9.17, 15) is 9.59 Å². The fourth-order valence-electron chi connectivity index (χ4n) is 2.33. The van der Waals surface area contributed by atoms with Crippen molar-refractivity contribution < 1.29 is 22.9 Å². The Hall–Kier alpha value is -0.506. The number of carbonyl (C=O) groups is 2. The number of esters is 2. The van der Waals surface area contributed by atoms with Crippen molar-refractivity contribution in [3.8, 4) is 0 Å². The van der Waals surface area contributed by atoms with Crippen molar-refractivity contribution >= 4 is 30.3 Å². The summed E-state index contributed by atoms with van der Waals surface area (Å²) in [6.07, 6.45) is 3.96. The lowest BCUT2D eigenvalue weighted by Crippen LogP contribution is -2.39. The number of hydrogen-bond acceptors (Lipinski definition) is 5. The molecule has 1 saturated heterocycles. The summed E-state index contributed by atoms with van der Waals surface area (Å²) in [6, 6.07) is 0.884. The summed E-state index contributed by atoms with van der Waals surface area (Å²) in [4.78, 5) is 22.4. The summed E-state index contributed by atoms with van der Waals surface area (Å²) in [6.45, 7) is 7.12. The standard InChI is InChI=1S/C13H26O5Si2/c1-4-5-8-16-20(3,18-19-2)9-6-7-11-10-12(14)17-13(11)15/h11H,4-10,19H2,1-3H3. The number of ether oxygens (including phenoxy) is 1. The Morgan fingerprint density at radius 1 is 1.40 bits per heavy atom. The first-order valence-corrected chi connectivity index (χ1v) is 12.0. The van der Waals surface area contributed by atoms with E-state index in [-0.39, 0.29) is 18.3 Å². The van der Waals surface area contributed by atoms with E-state index in [2.05, 4.69) is 24.8 Å². The zero-order chi connectivity index (χ0) is 15.0. The first kappa shape index (κ1) is 17.5. The molecule has 1 aliphatic rings. The van der Waals surface area contributed by atoms with Crippen molar-refractivity contribution in [1.29, 1.82) is 0 Å². The molecule has 5 nitrogen and oxygen atoms in total. The first-order chi connectivity index (χ1) is 9.50. The largest absolute Gasteiger partial charge is 0.442 e. The average molecular weight is 319 g/mol. The Labute approximate surface area is 124 Å². The van der Waals surface area contributed by atoms with Gasteiger partial charge in [-0.25, -0.2) is 0 Å². The molecule has 1 rings (SSSR count). The molecule has 0 spiro atoms. The smallest absolute Gasteiger partial charge is 0.324 e. The summed E-state index contributed by atoms with van der Waals surface area (Å²) < 4.78 is 16.5. The van der Waals surface area contributed by atoms with Crippen LogP contribution in [-0.2, 0) is 22.9 Å². The van der Waals surface area contributed by atoms with Gasteiger partial charge in [0.1, 0.15) is 9.76 Å². The molecule has 1 fully saturated rings. The van der Waals surface area contributed by atoms with Crippen LogP contribution in [0.25, 0.3) is 0 Å². The highest BCUT2D eigenvalue weighted by atomic mass is 28.4. The monoisotopic (exact) mass is 318 g/mol. The fraction of sp³-hybridized carbons (Fsp3) is 0.846. The van der Waals surface area contributed by atoms with E-state index in [0.717, 1.165) is 31.9 Å². The summed E-state index contributed by atoms with van der Waals surface area (Å²) in [7, 11) is -2.57. The molecule has 0 aromatic rings. The van der Waals surface area contributed by atoms with Gasteiger partial charge in [0.2, 0.25) is 0 Å². The van der Waals surface area contributed by atoms with E-state index in [0.29, 0.717) is 6.42 Å². The van der Waals surface area contributed by atoms with Gasteiger partial charge in [0.15, 0.2) is 0 Å². The molecule has 0 amide bonds. The number of cyclic esters (lactones) is 2. The van der Waals surface area contributed by atoms with Crippen molar-refractivity contribution in [2.75, 3.05) is 6.61 Å². The Morgan fingerprint density at radius 2 is 2.15 bits per heavy atom. The molecule has 0 N–H and O–H groups in total. The Balaban J connectivity index is 2.34. The maximum atomic E-state index is 11.4. The quantitative estimate of drug-likeness (QED) is 0.266. The molecule has 0 aromatic carbocycles. The van der Waals surface area contributed by atoms with Gasteiger partial charge in [-0.3, -0.25) is 9.59 Å². The minimum atomic E-state index is -2.07. The van der Waals surface area contributed by atoms with Crippen molar-refractivity contribution in [2.24, 2.45) is 5.92 Å². The second kappa shape index (κ2) is 8.71. The van der Waals surface area contributed by atoms with E-state index in [4.69, 9.17) is 8.54 Å². The number of rotatable bonds is 10. The number of carbonyl (C=O) groups excluding carboxylic acids is 2. The molecule has 7 heteroatoms. The zero-order valence-electron chi connectivity index (χ0n) is 12.8. The minimum absolute atomic E-state index is 0.233. The van der Waals surface area contributed by atoms with Gasteiger partial charge in [-0.15, -0.1) is 0 Å². The third-order valence-corrected chi connectivity index (χ3v) is 9.17. The lowest BCUT2D eigenvalue weighted by molar-refractivity contribution is -0.153. The van der Waals surface area contributed by atoms with Crippen LogP contribution in [0.5, 0.6) is 0 Å². The molecule has 0 saturated carbocycles. The van der Waals surface area contributed by atoms with Crippen LogP contribution in [0.2, 0.25) is 19.1 Å². The summed E-state index contributed by atoms with van der Waals surface area (Å²) in [5.74, 6) is -1.01. The highest BCUT2D eigenvalue weighted by molar-refractivity contribution is 6.70. The van der Waals surface area contributed by atoms with Crippen LogP contribution in [0.4, 0.5) is 0 Å². The molecule has 1 heterocycles. The van der Waals surface area contributed by atoms with Gasteiger partial charge in [-0.2, -0.15) is 0 Å². The number of hydrogen-bond donors (Lipinski definition) is 0. The minimum Gasteiger partial charge on any atom is -0.442 e. The fourth-order valence-corrected chi connectivity index (χ4v) is 7.26. The van der Waals surface area contributed by atoms with Crippen LogP contribution in [-0.4, -0.2) is 36.9 Å². The van der Waals surface area contributed by atoms with E-state index < -0.39 is 24.3 Å². The normalized spacial score (nSPS) is 22.4. The van der Waals surface area contributed by atoms with Gasteiger partial charge in [-0.1, -0.05) is 26.3 Å². The lowest BCUT2D eigenvalue weighted by atomic mass is 10.0. The van der Waals surface area contributed by atoms with Crippen LogP contribution in [0.3, 0.4) is 0 Å². The van der Waals surface area contributed by atoms with Crippen LogP contribution >= 0.6 is 0 Å². The van der Waals surface area contributed by atoms with Gasteiger partial charge in [-0.05, 0) is 25.4 Å². The summed E-state index contributed by atoms with van der Waals surface area (Å²) >= 11 is 0. The molecule has 0 bridgehead atoms. The Morgan fingerprint density at radius 3 is 2.70 bits per heavy atom. The topological polar surface area (TPSA) is 61.8 Å². The molecular weight excluding hydrogens is 292 g/mol. The maximum Gasteiger partial charge on any atom is 0.324 e. The number of unbranched alkanes of at least 4 members (excludes halogenated alkanes) is 1. The van der Waals surface area contributed by atoms with E-state index in [1.165, 1.54) is 0 Å². The molecule has 2 unspecified atom stereocenters. The third kappa shape index (κ3) is 5.86. The van der Waals surface area contributed by atoms with Gasteiger partial charge in [0.05, 0.1) is 12.3 Å². The SMILES string of the molecule is CCCCO[Si](C)(CCCC1CC(=O)OC1=O)O[SiH2]C. The summed E-state index contributed by atoms with van der Waals surface area (Å²) in [5.41, 5.74) is 0. The lowest BCUT2D eigenvalue weighted by Gasteiger charge is -2.27. The van der Waals surface area contributed by atoms with Crippen LogP contribution in [0.1, 0.15) is 39.0 Å². The third-order valence-electron chi connectivity index (χ3n) is 3.50. The molecule has 2 atom stereocenters. The second-order valence-corrected chi connectivity index (χ2v) is 10.1. The molecule has 0 aliphatic carbocycles. The van der Waals surface area contributed by atoms with Gasteiger partial charge in [0, 0.05) is 6.61 Å². The van der Waals surface area contributed by atoms with Crippen molar-refractivity contribution in [1.82, 2.24) is 0 Å². The van der Waals surface area contributed by atoms with Gasteiger partial charge >= 0.3 is 20.5 Å². The van der Waals surface area contributed by atoms with E-state index in [1.54, 1.807) is 0 Å². The van der Waals surface area contributed by atoms with Gasteiger partial charge < -0.3 is 13.3 Å². The highest BCUT2D eigenvalue weighted by Gasteiger charge is 2.35.